The topological polar surface area (TPSA) is 8.17 Å². The first-order valence-electron chi connectivity index (χ1n) is 11.4. The summed E-state index contributed by atoms with van der Waals surface area (Å²) in [6.45, 7) is 0.992. The molecule has 1 aliphatic rings. The molecule has 0 atom stereocenters. The van der Waals surface area contributed by atoms with Crippen molar-refractivity contribution in [3.8, 4) is 11.1 Å². The van der Waals surface area contributed by atoms with Crippen molar-refractivity contribution in [2.45, 2.75) is 19.4 Å². The molecule has 2 nitrogen and oxygen atoms in total. The highest BCUT2D eigenvalue weighted by Crippen LogP contribution is 2.38. The minimum absolute atomic E-state index is 0.959. The largest absolute Gasteiger partial charge is 0.344 e. The molecule has 4 aromatic carbocycles. The van der Waals surface area contributed by atoms with Gasteiger partial charge in [0.2, 0.25) is 0 Å². The van der Waals surface area contributed by atoms with Crippen molar-refractivity contribution < 1.29 is 0 Å². The SMILES string of the molecule is CN(C)Cc1ccc2c(c1)Cc1ccc(Cc3ccc4c(c3)c3ccccc3n4C)cc1-2. The summed E-state index contributed by atoms with van der Waals surface area (Å²) >= 11 is 0. The average Bonchev–Trinajstić information content (AvgIpc) is 3.28. The van der Waals surface area contributed by atoms with Crippen molar-refractivity contribution >= 4 is 21.8 Å². The van der Waals surface area contributed by atoms with E-state index in [1.165, 1.54) is 60.8 Å². The zero-order chi connectivity index (χ0) is 21.8. The molecule has 0 spiro atoms. The van der Waals surface area contributed by atoms with E-state index < -0.39 is 0 Å². The maximum Gasteiger partial charge on any atom is 0.0488 e. The molecule has 1 heterocycles. The van der Waals surface area contributed by atoms with Gasteiger partial charge in [0.1, 0.15) is 0 Å². The van der Waals surface area contributed by atoms with Crippen LogP contribution in [-0.4, -0.2) is 23.6 Å². The second kappa shape index (κ2) is 7.36. The van der Waals surface area contributed by atoms with Crippen LogP contribution in [0.4, 0.5) is 0 Å². The van der Waals surface area contributed by atoms with Crippen molar-refractivity contribution in [1.29, 1.82) is 0 Å². The molecule has 5 aromatic rings. The van der Waals surface area contributed by atoms with Gasteiger partial charge in [-0.25, -0.2) is 0 Å². The van der Waals surface area contributed by atoms with E-state index in [0.29, 0.717) is 0 Å². The third kappa shape index (κ3) is 3.14. The van der Waals surface area contributed by atoms with Crippen molar-refractivity contribution in [2.75, 3.05) is 14.1 Å². The number of rotatable bonds is 4. The van der Waals surface area contributed by atoms with Crippen LogP contribution in [-0.2, 0) is 26.4 Å². The van der Waals surface area contributed by atoms with Crippen LogP contribution in [0.5, 0.6) is 0 Å². The Morgan fingerprint density at radius 3 is 2.31 bits per heavy atom. The average molecular weight is 417 g/mol. The van der Waals surface area contributed by atoms with Crippen LogP contribution in [0.15, 0.2) is 78.9 Å². The van der Waals surface area contributed by atoms with Gasteiger partial charge in [-0.3, -0.25) is 0 Å². The lowest BCUT2D eigenvalue weighted by Gasteiger charge is -2.11. The Labute approximate surface area is 189 Å². The van der Waals surface area contributed by atoms with E-state index in [2.05, 4.69) is 109 Å². The zero-order valence-electron chi connectivity index (χ0n) is 19.0. The monoisotopic (exact) mass is 416 g/mol. The lowest BCUT2D eigenvalue weighted by atomic mass is 9.97. The van der Waals surface area contributed by atoms with Crippen molar-refractivity contribution in [2.24, 2.45) is 7.05 Å². The minimum Gasteiger partial charge on any atom is -0.344 e. The third-order valence-corrected chi connectivity index (χ3v) is 6.90. The summed E-state index contributed by atoms with van der Waals surface area (Å²) in [5.74, 6) is 0. The predicted octanol–water partition coefficient (Wildman–Crippen LogP) is 6.56. The lowest BCUT2D eigenvalue weighted by molar-refractivity contribution is 0.402. The first kappa shape index (κ1) is 19.3. The van der Waals surface area contributed by atoms with E-state index in [1.54, 1.807) is 0 Å². The molecule has 1 aromatic heterocycles. The van der Waals surface area contributed by atoms with Crippen LogP contribution in [0, 0.1) is 0 Å². The number of hydrogen-bond acceptors (Lipinski definition) is 1. The van der Waals surface area contributed by atoms with Crippen LogP contribution in [0.1, 0.15) is 27.8 Å². The maximum atomic E-state index is 2.42. The summed E-state index contributed by atoms with van der Waals surface area (Å²) in [6, 6.07) is 29.7. The normalized spacial score (nSPS) is 12.6. The lowest BCUT2D eigenvalue weighted by Crippen LogP contribution is -2.10. The quantitative estimate of drug-likeness (QED) is 0.316. The van der Waals surface area contributed by atoms with Gasteiger partial charge >= 0.3 is 0 Å². The Balaban J connectivity index is 1.34. The van der Waals surface area contributed by atoms with Gasteiger partial charge in [-0.1, -0.05) is 60.7 Å². The molecule has 2 heteroatoms. The van der Waals surface area contributed by atoms with Gasteiger partial charge in [-0.05, 0) is 84.1 Å². The smallest absolute Gasteiger partial charge is 0.0488 e. The fraction of sp³-hybridized carbons (Fsp3) is 0.200. The van der Waals surface area contributed by atoms with Crippen molar-refractivity contribution in [1.82, 2.24) is 9.47 Å². The van der Waals surface area contributed by atoms with Crippen LogP contribution in [0.25, 0.3) is 32.9 Å². The molecule has 0 fully saturated rings. The summed E-state index contributed by atoms with van der Waals surface area (Å²) in [5.41, 5.74) is 12.5. The maximum absolute atomic E-state index is 2.42. The molecule has 0 N–H and O–H groups in total. The molecular formula is C30H28N2. The molecule has 0 amide bonds. The highest BCUT2D eigenvalue weighted by atomic mass is 15.0. The summed E-state index contributed by atoms with van der Waals surface area (Å²) in [5, 5.41) is 2.68. The van der Waals surface area contributed by atoms with Crippen LogP contribution < -0.4 is 0 Å². The number of hydrogen-bond donors (Lipinski definition) is 0. The Kier molecular flexibility index (Phi) is 4.44. The number of aromatic nitrogens is 1. The van der Waals surface area contributed by atoms with Gasteiger partial charge in [0, 0.05) is 35.4 Å². The number of para-hydroxylation sites is 1. The Hall–Kier alpha value is -3.36. The molecule has 32 heavy (non-hydrogen) atoms. The number of aryl methyl sites for hydroxylation is 1. The molecule has 0 bridgehead atoms. The van der Waals surface area contributed by atoms with Crippen LogP contribution >= 0.6 is 0 Å². The number of benzene rings is 4. The van der Waals surface area contributed by atoms with Gasteiger partial charge in [-0.15, -0.1) is 0 Å². The first-order valence-corrected chi connectivity index (χ1v) is 11.4. The molecule has 0 radical (unpaired) electrons. The molecule has 1 aliphatic carbocycles. The molecule has 158 valence electrons. The minimum atomic E-state index is 0.959. The molecule has 6 rings (SSSR count). The van der Waals surface area contributed by atoms with E-state index in [1.807, 2.05) is 0 Å². The van der Waals surface area contributed by atoms with Crippen LogP contribution in [0.3, 0.4) is 0 Å². The van der Waals surface area contributed by atoms with E-state index in [0.717, 1.165) is 19.4 Å². The van der Waals surface area contributed by atoms with E-state index in [9.17, 15) is 0 Å². The zero-order valence-corrected chi connectivity index (χ0v) is 19.0. The van der Waals surface area contributed by atoms with E-state index in [-0.39, 0.29) is 0 Å². The summed E-state index contributed by atoms with van der Waals surface area (Å²) in [7, 11) is 6.42. The summed E-state index contributed by atoms with van der Waals surface area (Å²) < 4.78 is 2.30. The Morgan fingerprint density at radius 2 is 1.44 bits per heavy atom. The van der Waals surface area contributed by atoms with Crippen molar-refractivity contribution in [3.63, 3.8) is 0 Å². The van der Waals surface area contributed by atoms with E-state index >= 15 is 0 Å². The van der Waals surface area contributed by atoms with Crippen molar-refractivity contribution in [3.05, 3.63) is 107 Å². The Bertz CT molecular complexity index is 1490. The molecule has 0 saturated heterocycles. The fourth-order valence-corrected chi connectivity index (χ4v) is 5.42. The Morgan fingerprint density at radius 1 is 0.688 bits per heavy atom. The first-order chi connectivity index (χ1) is 15.6. The second-order valence-electron chi connectivity index (χ2n) is 9.50. The number of nitrogens with zero attached hydrogens (tertiary/aromatic N) is 2. The molecule has 0 aliphatic heterocycles. The highest BCUT2D eigenvalue weighted by molar-refractivity contribution is 6.08. The summed E-state index contributed by atoms with van der Waals surface area (Å²) in [4.78, 5) is 2.23. The third-order valence-electron chi connectivity index (χ3n) is 6.90. The van der Waals surface area contributed by atoms with Crippen LogP contribution in [0.2, 0.25) is 0 Å². The summed E-state index contributed by atoms with van der Waals surface area (Å²) in [6.07, 6.45) is 2.01. The van der Waals surface area contributed by atoms with E-state index in [4.69, 9.17) is 0 Å². The standard InChI is InChI=1S/C30H28N2/c1-31(2)19-22-9-12-25-24(15-22)18-23-11-8-20(16-27(23)25)14-21-10-13-30-28(17-21)26-6-4-5-7-29(26)32(30)3/h4-13,15-17H,14,18-19H2,1-3H3. The van der Waals surface area contributed by atoms with Gasteiger partial charge < -0.3 is 9.47 Å². The number of fused-ring (bicyclic) bond motifs is 6. The molecule has 0 saturated carbocycles. The van der Waals surface area contributed by atoms with Gasteiger partial charge in [0.05, 0.1) is 0 Å². The molecular weight excluding hydrogens is 388 g/mol. The predicted molar refractivity (Wildman–Crippen MR) is 135 cm³/mol. The highest BCUT2D eigenvalue weighted by Gasteiger charge is 2.19. The van der Waals surface area contributed by atoms with Gasteiger partial charge in [0.15, 0.2) is 0 Å². The van der Waals surface area contributed by atoms with Gasteiger partial charge in [0.25, 0.3) is 0 Å². The second-order valence-corrected chi connectivity index (χ2v) is 9.50. The fourth-order valence-electron chi connectivity index (χ4n) is 5.42. The van der Waals surface area contributed by atoms with Gasteiger partial charge in [-0.2, -0.15) is 0 Å². The molecule has 0 unspecified atom stereocenters.